The van der Waals surface area contributed by atoms with E-state index in [1.807, 2.05) is 36.2 Å². The van der Waals surface area contributed by atoms with Crippen LogP contribution in [0.3, 0.4) is 0 Å². The molecule has 0 aliphatic heterocycles. The van der Waals surface area contributed by atoms with Crippen LogP contribution in [-0.4, -0.2) is 18.1 Å². The molecule has 0 radical (unpaired) electrons. The summed E-state index contributed by atoms with van der Waals surface area (Å²) in [6.45, 7) is 0.549. The number of benzene rings is 2. The first kappa shape index (κ1) is 14.2. The van der Waals surface area contributed by atoms with Crippen molar-refractivity contribution in [3.8, 4) is 0 Å². The van der Waals surface area contributed by atoms with Crippen LogP contribution in [0.25, 0.3) is 0 Å². The van der Waals surface area contributed by atoms with Crippen molar-refractivity contribution in [2.75, 3.05) is 17.7 Å². The zero-order chi connectivity index (χ0) is 14.7. The van der Waals surface area contributed by atoms with Crippen molar-refractivity contribution in [1.82, 2.24) is 0 Å². The van der Waals surface area contributed by atoms with E-state index in [2.05, 4.69) is 0 Å². The van der Waals surface area contributed by atoms with Gasteiger partial charge in [0.2, 0.25) is 0 Å². The van der Waals surface area contributed by atoms with Gasteiger partial charge in [-0.1, -0.05) is 35.9 Å². The molecule has 0 amide bonds. The van der Waals surface area contributed by atoms with Crippen LogP contribution in [0.1, 0.15) is 15.9 Å². The van der Waals surface area contributed by atoms with Gasteiger partial charge in [0.1, 0.15) is 0 Å². The van der Waals surface area contributed by atoms with E-state index in [4.69, 9.17) is 22.4 Å². The fraction of sp³-hybridized carbons (Fsp3) is 0.133. The molecule has 0 unspecified atom stereocenters. The maximum absolute atomic E-state index is 11.1. The number of nitrogens with zero attached hydrogens (tertiary/aromatic N) is 1. The molecule has 0 aliphatic carbocycles. The highest BCUT2D eigenvalue weighted by Gasteiger charge is 2.14. The van der Waals surface area contributed by atoms with Crippen LogP contribution in [0.4, 0.5) is 11.4 Å². The summed E-state index contributed by atoms with van der Waals surface area (Å²) in [4.78, 5) is 13.0. The second kappa shape index (κ2) is 5.84. The Morgan fingerprint density at radius 2 is 1.95 bits per heavy atom. The number of halogens is 1. The summed E-state index contributed by atoms with van der Waals surface area (Å²) in [7, 11) is 1.85. The number of carbonyl (C=O) groups is 1. The molecule has 0 saturated heterocycles. The van der Waals surface area contributed by atoms with Crippen molar-refractivity contribution in [2.45, 2.75) is 6.54 Å². The molecular weight excluding hydrogens is 276 g/mol. The summed E-state index contributed by atoms with van der Waals surface area (Å²) < 4.78 is 0. The first-order valence-corrected chi connectivity index (χ1v) is 6.45. The number of anilines is 2. The van der Waals surface area contributed by atoms with E-state index < -0.39 is 5.97 Å². The average molecular weight is 291 g/mol. The second-order valence-electron chi connectivity index (χ2n) is 4.49. The number of carboxylic acid groups (broad SMARTS) is 1. The Labute approximate surface area is 122 Å². The molecule has 3 N–H and O–H groups in total. The van der Waals surface area contributed by atoms with Gasteiger partial charge >= 0.3 is 5.97 Å². The number of nitrogen functional groups attached to an aromatic ring is 1. The lowest BCUT2D eigenvalue weighted by atomic mass is 10.1. The summed E-state index contributed by atoms with van der Waals surface area (Å²) in [5.41, 5.74) is 7.91. The number of carboxylic acids is 1. The molecule has 0 atom stereocenters. The summed E-state index contributed by atoms with van der Waals surface area (Å²) in [5.74, 6) is -1.03. The molecule has 0 aromatic heterocycles. The monoisotopic (exact) mass is 290 g/mol. The fourth-order valence-electron chi connectivity index (χ4n) is 2.04. The van der Waals surface area contributed by atoms with Gasteiger partial charge in [-0.3, -0.25) is 0 Å². The molecule has 0 saturated carbocycles. The first-order chi connectivity index (χ1) is 9.50. The van der Waals surface area contributed by atoms with Gasteiger partial charge < -0.3 is 15.7 Å². The van der Waals surface area contributed by atoms with Gasteiger partial charge in [-0.05, 0) is 23.8 Å². The SMILES string of the molecule is CN(Cc1ccccc1Cl)c1cccc(C(=O)O)c1N. The van der Waals surface area contributed by atoms with Crippen LogP contribution >= 0.6 is 11.6 Å². The van der Waals surface area contributed by atoms with Crippen molar-refractivity contribution in [3.05, 3.63) is 58.6 Å². The lowest BCUT2D eigenvalue weighted by molar-refractivity contribution is 0.0698. The number of nitrogens with two attached hydrogens (primary N) is 1. The van der Waals surface area contributed by atoms with Gasteiger partial charge in [-0.15, -0.1) is 0 Å². The first-order valence-electron chi connectivity index (χ1n) is 6.07. The molecule has 0 bridgehead atoms. The van der Waals surface area contributed by atoms with E-state index in [0.29, 0.717) is 17.3 Å². The highest BCUT2D eigenvalue weighted by molar-refractivity contribution is 6.31. The minimum absolute atomic E-state index is 0.105. The van der Waals surface area contributed by atoms with Crippen molar-refractivity contribution >= 4 is 28.9 Å². The number of hydrogen-bond donors (Lipinski definition) is 2. The van der Waals surface area contributed by atoms with Crippen molar-refractivity contribution in [3.63, 3.8) is 0 Å². The Balaban J connectivity index is 2.30. The van der Waals surface area contributed by atoms with Crippen molar-refractivity contribution in [2.24, 2.45) is 0 Å². The summed E-state index contributed by atoms with van der Waals surface area (Å²) in [6, 6.07) is 12.5. The fourth-order valence-corrected chi connectivity index (χ4v) is 2.24. The normalized spacial score (nSPS) is 10.3. The molecule has 0 spiro atoms. The Morgan fingerprint density at radius 1 is 1.25 bits per heavy atom. The molecule has 2 aromatic rings. The average Bonchev–Trinajstić information content (AvgIpc) is 2.41. The third-order valence-corrected chi connectivity index (χ3v) is 3.46. The van der Waals surface area contributed by atoms with Crippen molar-refractivity contribution in [1.29, 1.82) is 0 Å². The van der Waals surface area contributed by atoms with Gasteiger partial charge in [0, 0.05) is 18.6 Å². The van der Waals surface area contributed by atoms with Crippen molar-refractivity contribution < 1.29 is 9.90 Å². The Kier molecular flexibility index (Phi) is 4.15. The van der Waals surface area contributed by atoms with Crippen LogP contribution in [0.15, 0.2) is 42.5 Å². The zero-order valence-electron chi connectivity index (χ0n) is 11.0. The van der Waals surface area contributed by atoms with E-state index in [9.17, 15) is 4.79 Å². The molecule has 0 fully saturated rings. The molecule has 0 heterocycles. The van der Waals surface area contributed by atoms with Crippen LogP contribution in [0.5, 0.6) is 0 Å². The molecule has 0 aliphatic rings. The van der Waals surface area contributed by atoms with Crippen LogP contribution in [0, 0.1) is 0 Å². The molecule has 2 aromatic carbocycles. The molecule has 2 rings (SSSR count). The molecule has 4 nitrogen and oxygen atoms in total. The Bertz CT molecular complexity index is 644. The topological polar surface area (TPSA) is 66.6 Å². The standard InChI is InChI=1S/C15H15ClN2O2/c1-18(9-10-5-2-3-7-12(10)16)13-8-4-6-11(14(13)17)15(19)20/h2-8H,9,17H2,1H3,(H,19,20). The van der Waals surface area contributed by atoms with Crippen LogP contribution in [0.2, 0.25) is 5.02 Å². The Morgan fingerprint density at radius 3 is 2.60 bits per heavy atom. The van der Waals surface area contributed by atoms with Crippen LogP contribution in [-0.2, 0) is 6.54 Å². The second-order valence-corrected chi connectivity index (χ2v) is 4.90. The van der Waals surface area contributed by atoms with Crippen LogP contribution < -0.4 is 10.6 Å². The van der Waals surface area contributed by atoms with E-state index in [0.717, 1.165) is 5.56 Å². The van der Waals surface area contributed by atoms with Gasteiger partial charge in [0.25, 0.3) is 0 Å². The largest absolute Gasteiger partial charge is 0.478 e. The molecule has 20 heavy (non-hydrogen) atoms. The third kappa shape index (κ3) is 2.86. The Hall–Kier alpha value is -2.20. The quantitative estimate of drug-likeness (QED) is 0.848. The maximum Gasteiger partial charge on any atom is 0.337 e. The minimum atomic E-state index is -1.03. The van der Waals surface area contributed by atoms with Gasteiger partial charge in [-0.25, -0.2) is 4.79 Å². The molecular formula is C15H15ClN2O2. The number of hydrogen-bond acceptors (Lipinski definition) is 3. The predicted molar refractivity (Wildman–Crippen MR) is 81.4 cm³/mol. The van der Waals surface area contributed by atoms with Gasteiger partial charge in [-0.2, -0.15) is 0 Å². The summed E-state index contributed by atoms with van der Waals surface area (Å²) in [6.07, 6.45) is 0. The van der Waals surface area contributed by atoms with E-state index in [-0.39, 0.29) is 11.3 Å². The van der Waals surface area contributed by atoms with E-state index in [1.54, 1.807) is 12.1 Å². The molecule has 104 valence electrons. The van der Waals surface area contributed by atoms with E-state index >= 15 is 0 Å². The zero-order valence-corrected chi connectivity index (χ0v) is 11.8. The molecule has 5 heteroatoms. The minimum Gasteiger partial charge on any atom is -0.478 e. The number of para-hydroxylation sites is 1. The van der Waals surface area contributed by atoms with E-state index in [1.165, 1.54) is 6.07 Å². The number of rotatable bonds is 4. The third-order valence-electron chi connectivity index (χ3n) is 3.09. The highest BCUT2D eigenvalue weighted by atomic mass is 35.5. The lowest BCUT2D eigenvalue weighted by Gasteiger charge is -2.22. The summed E-state index contributed by atoms with van der Waals surface area (Å²) >= 11 is 6.13. The van der Waals surface area contributed by atoms with Gasteiger partial charge in [0.15, 0.2) is 0 Å². The predicted octanol–water partition coefficient (Wildman–Crippen LogP) is 3.26. The highest BCUT2D eigenvalue weighted by Crippen LogP contribution is 2.28. The number of aromatic carboxylic acids is 1. The van der Waals surface area contributed by atoms with Gasteiger partial charge in [0.05, 0.1) is 16.9 Å². The summed E-state index contributed by atoms with van der Waals surface area (Å²) in [5, 5.41) is 9.76. The maximum atomic E-state index is 11.1. The lowest BCUT2D eigenvalue weighted by Crippen LogP contribution is -2.19. The smallest absolute Gasteiger partial charge is 0.337 e.